The fraction of sp³-hybridized carbons (Fsp3) is 0.381. The lowest BCUT2D eigenvalue weighted by Gasteiger charge is -2.37. The molecule has 0 unspecified atom stereocenters. The molecule has 3 aliphatic rings. The average Bonchev–Trinajstić information content (AvgIpc) is 2.98. The number of carbonyl (C=O) groups is 1. The molecule has 0 radical (unpaired) electrons. The van der Waals surface area contributed by atoms with Gasteiger partial charge in [0.1, 0.15) is 18.1 Å². The van der Waals surface area contributed by atoms with Gasteiger partial charge < -0.3 is 14.4 Å². The zero-order chi connectivity index (χ0) is 20.7. The first kappa shape index (κ1) is 19.2. The molecule has 8 nitrogen and oxygen atoms in total. The summed E-state index contributed by atoms with van der Waals surface area (Å²) in [6, 6.07) is 12.3. The molecule has 3 aliphatic heterocycles. The molecule has 0 aliphatic carbocycles. The zero-order valence-corrected chi connectivity index (χ0v) is 17.3. The standard InChI is InChI=1S/C21H23N3O5S/c25-21-16-4-1-2-7-19(16)30(26,27)24(21)13-10-22-8-11-23(12-9-22)17-5-3-6-18-20(17)29-15-14-28-18/h1-7H,8-15H2. The zero-order valence-electron chi connectivity index (χ0n) is 16.5. The summed E-state index contributed by atoms with van der Waals surface area (Å²) in [6.45, 7) is 4.92. The number of carbonyl (C=O) groups excluding carboxylic acids is 1. The molecule has 0 bridgehead atoms. The summed E-state index contributed by atoms with van der Waals surface area (Å²) in [7, 11) is -3.74. The monoisotopic (exact) mass is 429 g/mol. The van der Waals surface area contributed by atoms with Gasteiger partial charge in [-0.3, -0.25) is 9.69 Å². The van der Waals surface area contributed by atoms with Crippen molar-refractivity contribution in [3.05, 3.63) is 48.0 Å². The third-order valence-electron chi connectivity index (χ3n) is 5.79. The van der Waals surface area contributed by atoms with Crippen molar-refractivity contribution < 1.29 is 22.7 Å². The highest BCUT2D eigenvalue weighted by Crippen LogP contribution is 2.39. The number of hydrogen-bond acceptors (Lipinski definition) is 7. The molecular formula is C21H23N3O5S. The maximum Gasteiger partial charge on any atom is 0.269 e. The van der Waals surface area contributed by atoms with E-state index in [-0.39, 0.29) is 17.0 Å². The Morgan fingerprint density at radius 3 is 2.43 bits per heavy atom. The highest BCUT2D eigenvalue weighted by Gasteiger charge is 2.40. The molecular weight excluding hydrogens is 406 g/mol. The second-order valence-corrected chi connectivity index (χ2v) is 9.34. The molecule has 3 heterocycles. The summed E-state index contributed by atoms with van der Waals surface area (Å²) in [5.74, 6) is 1.14. The van der Waals surface area contributed by atoms with Gasteiger partial charge in [0.05, 0.1) is 17.8 Å². The third kappa shape index (κ3) is 3.18. The van der Waals surface area contributed by atoms with Crippen molar-refractivity contribution in [1.82, 2.24) is 9.21 Å². The van der Waals surface area contributed by atoms with Gasteiger partial charge in [0.2, 0.25) is 0 Å². The molecule has 2 aromatic carbocycles. The van der Waals surface area contributed by atoms with Gasteiger partial charge in [0.15, 0.2) is 11.5 Å². The van der Waals surface area contributed by atoms with Crippen LogP contribution in [-0.2, 0) is 10.0 Å². The normalized spacial score (nSPS) is 20.3. The molecule has 158 valence electrons. The Hall–Kier alpha value is -2.78. The van der Waals surface area contributed by atoms with Crippen LogP contribution in [0, 0.1) is 0 Å². The van der Waals surface area contributed by atoms with Gasteiger partial charge in [-0.25, -0.2) is 12.7 Å². The second kappa shape index (κ2) is 7.48. The number of hydrogen-bond donors (Lipinski definition) is 0. The fourth-order valence-electron chi connectivity index (χ4n) is 4.20. The lowest BCUT2D eigenvalue weighted by Crippen LogP contribution is -2.49. The quantitative estimate of drug-likeness (QED) is 0.727. The van der Waals surface area contributed by atoms with E-state index < -0.39 is 15.9 Å². The van der Waals surface area contributed by atoms with Gasteiger partial charge in [-0.2, -0.15) is 0 Å². The Bertz CT molecular complexity index is 1080. The van der Waals surface area contributed by atoms with Crippen LogP contribution < -0.4 is 14.4 Å². The van der Waals surface area contributed by atoms with Gasteiger partial charge in [-0.05, 0) is 24.3 Å². The Morgan fingerprint density at radius 2 is 1.63 bits per heavy atom. The number of rotatable bonds is 4. The van der Waals surface area contributed by atoms with Crippen LogP contribution in [0.1, 0.15) is 10.4 Å². The number of sulfonamides is 1. The molecule has 1 amide bonds. The number of amides is 1. The van der Waals surface area contributed by atoms with Crippen molar-refractivity contribution in [2.45, 2.75) is 4.90 Å². The van der Waals surface area contributed by atoms with E-state index in [4.69, 9.17) is 9.47 Å². The number of nitrogens with zero attached hydrogens (tertiary/aromatic N) is 3. The van der Waals surface area contributed by atoms with Gasteiger partial charge in [0.25, 0.3) is 15.9 Å². The maximum absolute atomic E-state index is 12.7. The van der Waals surface area contributed by atoms with Crippen molar-refractivity contribution >= 4 is 21.6 Å². The van der Waals surface area contributed by atoms with E-state index >= 15 is 0 Å². The van der Waals surface area contributed by atoms with Gasteiger partial charge in [0, 0.05) is 32.7 Å². The smallest absolute Gasteiger partial charge is 0.269 e. The van der Waals surface area contributed by atoms with Crippen LogP contribution in [0.3, 0.4) is 0 Å². The third-order valence-corrected chi connectivity index (χ3v) is 7.63. The van der Waals surface area contributed by atoms with Gasteiger partial charge in [-0.15, -0.1) is 0 Å². The summed E-state index contributed by atoms with van der Waals surface area (Å²) < 4.78 is 37.9. The molecule has 5 rings (SSSR count). The predicted octanol–water partition coefficient (Wildman–Crippen LogP) is 1.42. The first-order chi connectivity index (χ1) is 14.6. The van der Waals surface area contributed by atoms with Crippen LogP contribution in [0.2, 0.25) is 0 Å². The first-order valence-electron chi connectivity index (χ1n) is 10.1. The fourth-order valence-corrected chi connectivity index (χ4v) is 5.76. The Kier molecular flexibility index (Phi) is 4.79. The minimum absolute atomic E-state index is 0.107. The summed E-state index contributed by atoms with van der Waals surface area (Å²) in [6.07, 6.45) is 0. The second-order valence-electron chi connectivity index (χ2n) is 7.51. The van der Waals surface area contributed by atoms with Gasteiger partial charge in [-0.1, -0.05) is 18.2 Å². The highest BCUT2D eigenvalue weighted by molar-refractivity contribution is 7.90. The summed E-state index contributed by atoms with van der Waals surface area (Å²) in [5, 5.41) is 0. The van der Waals surface area contributed by atoms with Crippen molar-refractivity contribution in [2.75, 3.05) is 57.4 Å². The number of ether oxygens (including phenoxy) is 2. The molecule has 9 heteroatoms. The van der Waals surface area contributed by atoms with E-state index in [9.17, 15) is 13.2 Å². The largest absolute Gasteiger partial charge is 0.486 e. The Morgan fingerprint density at radius 1 is 0.867 bits per heavy atom. The predicted molar refractivity (Wildman–Crippen MR) is 111 cm³/mol. The van der Waals surface area contributed by atoms with Gasteiger partial charge >= 0.3 is 0 Å². The van der Waals surface area contributed by atoms with E-state index in [1.807, 2.05) is 18.2 Å². The Balaban J connectivity index is 1.22. The summed E-state index contributed by atoms with van der Waals surface area (Å²) in [5.41, 5.74) is 1.29. The van der Waals surface area contributed by atoms with Crippen molar-refractivity contribution in [3.63, 3.8) is 0 Å². The minimum Gasteiger partial charge on any atom is -0.486 e. The topological polar surface area (TPSA) is 79.4 Å². The van der Waals surface area contributed by atoms with E-state index in [1.165, 1.54) is 6.07 Å². The van der Waals surface area contributed by atoms with E-state index in [0.29, 0.717) is 19.8 Å². The number of piperazine rings is 1. The summed E-state index contributed by atoms with van der Waals surface area (Å²) in [4.78, 5) is 17.1. The van der Waals surface area contributed by atoms with E-state index in [0.717, 1.165) is 47.7 Å². The van der Waals surface area contributed by atoms with Crippen LogP contribution in [-0.4, -0.2) is 76.0 Å². The molecule has 0 saturated carbocycles. The molecule has 30 heavy (non-hydrogen) atoms. The van der Waals surface area contributed by atoms with Crippen LogP contribution in [0.15, 0.2) is 47.4 Å². The highest BCUT2D eigenvalue weighted by atomic mass is 32.2. The van der Waals surface area contributed by atoms with Crippen molar-refractivity contribution in [3.8, 4) is 11.5 Å². The van der Waals surface area contributed by atoms with E-state index in [1.54, 1.807) is 18.2 Å². The number of benzene rings is 2. The van der Waals surface area contributed by atoms with E-state index in [2.05, 4.69) is 9.80 Å². The maximum atomic E-state index is 12.7. The Labute approximate surface area is 175 Å². The van der Waals surface area contributed by atoms with Crippen LogP contribution in [0.25, 0.3) is 0 Å². The number of anilines is 1. The minimum atomic E-state index is -3.74. The average molecular weight is 429 g/mol. The molecule has 1 fully saturated rings. The molecule has 0 aromatic heterocycles. The molecule has 0 N–H and O–H groups in total. The lowest BCUT2D eigenvalue weighted by atomic mass is 10.2. The van der Waals surface area contributed by atoms with Crippen molar-refractivity contribution in [2.24, 2.45) is 0 Å². The van der Waals surface area contributed by atoms with Crippen LogP contribution >= 0.6 is 0 Å². The van der Waals surface area contributed by atoms with Crippen LogP contribution in [0.4, 0.5) is 5.69 Å². The SMILES string of the molecule is O=C1c2ccccc2S(=O)(=O)N1CCN1CCN(c2cccc3c2OCCO3)CC1. The molecule has 1 saturated heterocycles. The van der Waals surface area contributed by atoms with Crippen LogP contribution in [0.5, 0.6) is 11.5 Å². The molecule has 0 spiro atoms. The molecule has 2 aromatic rings. The lowest BCUT2D eigenvalue weighted by molar-refractivity contribution is 0.0858. The van der Waals surface area contributed by atoms with Crippen molar-refractivity contribution in [1.29, 1.82) is 0 Å². The number of fused-ring (bicyclic) bond motifs is 2. The summed E-state index contributed by atoms with van der Waals surface area (Å²) >= 11 is 0. The first-order valence-corrected chi connectivity index (χ1v) is 11.5. The number of para-hydroxylation sites is 1. The molecule has 0 atom stereocenters.